The molecule has 8 nitrogen and oxygen atoms in total. The lowest BCUT2D eigenvalue weighted by Crippen LogP contribution is -2.47. The number of likely N-dealkylation sites (N-methyl/N-ethyl adjacent to an activating group) is 1. The highest BCUT2D eigenvalue weighted by atomic mass is 19.4. The van der Waals surface area contributed by atoms with Crippen molar-refractivity contribution in [3.63, 3.8) is 0 Å². The molecule has 0 fully saturated rings. The zero-order valence-electron chi connectivity index (χ0n) is 21.3. The molecule has 1 aromatic heterocycles. The number of alkyl halides is 3. The first-order chi connectivity index (χ1) is 19.0. The molecular weight excluding hydrogens is 542 g/mol. The molecule has 0 aliphatic carbocycles. The third kappa shape index (κ3) is 6.61. The zero-order chi connectivity index (χ0) is 29.0. The van der Waals surface area contributed by atoms with Gasteiger partial charge in [-0.3, -0.25) is 14.9 Å². The lowest BCUT2D eigenvalue weighted by molar-refractivity contribution is -0.148. The van der Waals surface area contributed by atoms with Crippen LogP contribution >= 0.6 is 0 Å². The van der Waals surface area contributed by atoms with E-state index < -0.39 is 53.4 Å². The fourth-order valence-corrected chi connectivity index (χ4v) is 4.58. The van der Waals surface area contributed by atoms with E-state index in [2.05, 4.69) is 20.8 Å². The fraction of sp³-hybridized carbons (Fsp3) is 0.385. The Morgan fingerprint density at radius 1 is 1.00 bits per heavy atom. The van der Waals surface area contributed by atoms with Crippen LogP contribution in [-0.2, 0) is 35.3 Å². The summed E-state index contributed by atoms with van der Waals surface area (Å²) in [6, 6.07) is 7.67. The average Bonchev–Trinajstić information content (AvgIpc) is 3.35. The maximum atomic E-state index is 14.6. The van der Waals surface area contributed by atoms with Crippen LogP contribution in [0.4, 0.5) is 26.3 Å². The Labute approximate surface area is 225 Å². The number of aromatic nitrogens is 3. The highest BCUT2D eigenvalue weighted by molar-refractivity contribution is 5.83. The Morgan fingerprint density at radius 3 is 2.38 bits per heavy atom. The van der Waals surface area contributed by atoms with Crippen LogP contribution in [0.5, 0.6) is 0 Å². The van der Waals surface area contributed by atoms with Gasteiger partial charge in [-0.25, -0.2) is 13.2 Å². The Bertz CT molecular complexity index is 1360. The largest absolute Gasteiger partial charge is 0.451 e. The third-order valence-corrected chi connectivity index (χ3v) is 6.48. The summed E-state index contributed by atoms with van der Waals surface area (Å²) < 4.78 is 82.5. The van der Waals surface area contributed by atoms with Crippen molar-refractivity contribution >= 4 is 11.8 Å². The number of nitrogens with one attached hydrogen (secondary N) is 2. The third-order valence-electron chi connectivity index (χ3n) is 6.48. The number of halogens is 6. The van der Waals surface area contributed by atoms with E-state index in [0.717, 1.165) is 4.57 Å². The van der Waals surface area contributed by atoms with E-state index in [-0.39, 0.29) is 43.9 Å². The highest BCUT2D eigenvalue weighted by Gasteiger charge is 2.40. The predicted molar refractivity (Wildman–Crippen MR) is 130 cm³/mol. The maximum absolute atomic E-state index is 14.6. The predicted octanol–water partition coefficient (Wildman–Crippen LogP) is 3.52. The lowest BCUT2D eigenvalue weighted by Gasteiger charge is -2.31. The van der Waals surface area contributed by atoms with E-state index in [9.17, 15) is 35.9 Å². The maximum Gasteiger partial charge on any atom is 0.451 e. The Balaban J connectivity index is 1.59. The standard InChI is InChI=1S/C26H26F6N6O2/c1-2-33-24(40)23(15-6-4-3-5-7-15)34-17(10-16-11-19(28)20(29)13-18(16)27)12-22(39)37-8-9-38-21(14-37)35-36-25(38)26(30,31)32/h3-7,11,13,17,23,34H,2,8-10,12,14H2,1H3,(H,33,40). The quantitative estimate of drug-likeness (QED) is 0.305. The first-order valence-electron chi connectivity index (χ1n) is 12.5. The molecule has 3 aromatic rings. The molecule has 2 N–H and O–H groups in total. The van der Waals surface area contributed by atoms with Crippen LogP contribution in [0.15, 0.2) is 42.5 Å². The number of hydrogen-bond donors (Lipinski definition) is 2. The van der Waals surface area contributed by atoms with E-state index >= 15 is 0 Å². The molecule has 2 amide bonds. The molecule has 2 aromatic carbocycles. The van der Waals surface area contributed by atoms with Gasteiger partial charge in [0.1, 0.15) is 11.9 Å². The molecular formula is C26H26F6N6O2. The number of hydrogen-bond acceptors (Lipinski definition) is 5. The molecule has 0 radical (unpaired) electrons. The second kappa shape index (κ2) is 12.1. The summed E-state index contributed by atoms with van der Waals surface area (Å²) in [5, 5.41) is 12.5. The molecule has 14 heteroatoms. The summed E-state index contributed by atoms with van der Waals surface area (Å²) >= 11 is 0. The Hall–Kier alpha value is -3.94. The lowest BCUT2D eigenvalue weighted by atomic mass is 9.98. The molecule has 1 aliphatic heterocycles. The summed E-state index contributed by atoms with van der Waals surface area (Å²) in [6.45, 7) is 1.52. The summed E-state index contributed by atoms with van der Waals surface area (Å²) in [5.74, 6) is -5.84. The van der Waals surface area contributed by atoms with Crippen LogP contribution in [0.25, 0.3) is 0 Å². The van der Waals surface area contributed by atoms with Gasteiger partial charge in [0.25, 0.3) is 0 Å². The van der Waals surface area contributed by atoms with Gasteiger partial charge in [0.2, 0.25) is 17.6 Å². The van der Waals surface area contributed by atoms with Gasteiger partial charge < -0.3 is 14.8 Å². The molecule has 214 valence electrons. The molecule has 2 heterocycles. The van der Waals surface area contributed by atoms with E-state index in [1.807, 2.05) is 0 Å². The molecule has 1 aliphatic rings. The summed E-state index contributed by atoms with van der Waals surface area (Å²) in [5.41, 5.74) is 0.322. The molecule has 0 saturated heterocycles. The van der Waals surface area contributed by atoms with Gasteiger partial charge in [0.05, 0.1) is 6.54 Å². The number of fused-ring (bicyclic) bond motifs is 1. The summed E-state index contributed by atoms with van der Waals surface area (Å²) in [6.07, 6.45) is -5.33. The van der Waals surface area contributed by atoms with Crippen LogP contribution in [0, 0.1) is 17.5 Å². The van der Waals surface area contributed by atoms with Crippen molar-refractivity contribution in [1.82, 2.24) is 30.3 Å². The van der Waals surface area contributed by atoms with Gasteiger partial charge in [-0.05, 0) is 30.5 Å². The van der Waals surface area contributed by atoms with Crippen LogP contribution in [0.1, 0.15) is 42.2 Å². The van der Waals surface area contributed by atoms with Crippen LogP contribution in [0.3, 0.4) is 0 Å². The zero-order valence-corrected chi connectivity index (χ0v) is 21.3. The molecule has 0 spiro atoms. The van der Waals surface area contributed by atoms with E-state index in [1.54, 1.807) is 37.3 Å². The van der Waals surface area contributed by atoms with E-state index in [0.29, 0.717) is 24.2 Å². The van der Waals surface area contributed by atoms with Crippen LogP contribution in [0.2, 0.25) is 0 Å². The normalized spacial score (nSPS) is 14.9. The van der Waals surface area contributed by atoms with E-state index in [1.165, 1.54) is 4.90 Å². The number of benzene rings is 2. The highest BCUT2D eigenvalue weighted by Crippen LogP contribution is 2.29. The van der Waals surface area contributed by atoms with Crippen LogP contribution < -0.4 is 10.6 Å². The number of rotatable bonds is 9. The van der Waals surface area contributed by atoms with Crippen molar-refractivity contribution in [2.75, 3.05) is 13.1 Å². The molecule has 2 atom stereocenters. The van der Waals surface area contributed by atoms with Crippen molar-refractivity contribution in [1.29, 1.82) is 0 Å². The minimum atomic E-state index is -4.70. The summed E-state index contributed by atoms with van der Waals surface area (Å²) in [4.78, 5) is 27.5. The number of nitrogens with zero attached hydrogens (tertiary/aromatic N) is 4. The Morgan fingerprint density at radius 2 is 1.70 bits per heavy atom. The Kier molecular flexibility index (Phi) is 8.76. The molecule has 0 saturated carbocycles. The van der Waals surface area contributed by atoms with Crippen molar-refractivity contribution < 1.29 is 35.9 Å². The minimum Gasteiger partial charge on any atom is -0.355 e. The number of amides is 2. The molecule has 2 unspecified atom stereocenters. The van der Waals surface area contributed by atoms with Crippen molar-refractivity contribution in [2.45, 2.75) is 51.1 Å². The van der Waals surface area contributed by atoms with Gasteiger partial charge in [0.15, 0.2) is 17.5 Å². The van der Waals surface area contributed by atoms with E-state index in [4.69, 9.17) is 0 Å². The monoisotopic (exact) mass is 568 g/mol. The smallest absolute Gasteiger partial charge is 0.355 e. The molecule has 4 rings (SSSR count). The second-order valence-electron chi connectivity index (χ2n) is 9.27. The number of carbonyl (C=O) groups excluding carboxylic acids is 2. The topological polar surface area (TPSA) is 92.2 Å². The SMILES string of the molecule is CCNC(=O)C(NC(CC(=O)N1CCn2c(nnc2C(F)(F)F)C1)Cc1cc(F)c(F)cc1F)c1ccccc1. The van der Waals surface area contributed by atoms with Gasteiger partial charge in [-0.15, -0.1) is 10.2 Å². The second-order valence-corrected chi connectivity index (χ2v) is 9.27. The van der Waals surface area contributed by atoms with Crippen molar-refractivity contribution in [2.24, 2.45) is 0 Å². The van der Waals surface area contributed by atoms with Gasteiger partial charge in [0, 0.05) is 38.2 Å². The van der Waals surface area contributed by atoms with Gasteiger partial charge in [-0.1, -0.05) is 30.3 Å². The minimum absolute atomic E-state index is 0.0485. The van der Waals surface area contributed by atoms with Gasteiger partial charge in [-0.2, -0.15) is 13.2 Å². The number of carbonyl (C=O) groups is 2. The molecule has 40 heavy (non-hydrogen) atoms. The summed E-state index contributed by atoms with van der Waals surface area (Å²) in [7, 11) is 0. The fourth-order valence-electron chi connectivity index (χ4n) is 4.58. The van der Waals surface area contributed by atoms with Gasteiger partial charge >= 0.3 is 6.18 Å². The van der Waals surface area contributed by atoms with Crippen molar-refractivity contribution in [3.05, 3.63) is 82.7 Å². The van der Waals surface area contributed by atoms with Crippen molar-refractivity contribution in [3.8, 4) is 0 Å². The molecule has 0 bridgehead atoms. The average molecular weight is 569 g/mol. The first kappa shape index (κ1) is 29.1. The van der Waals surface area contributed by atoms with Crippen LogP contribution in [-0.4, -0.2) is 50.6 Å². The first-order valence-corrected chi connectivity index (χ1v) is 12.5.